The van der Waals surface area contributed by atoms with Gasteiger partial charge in [0.05, 0.1) is 10.6 Å². The van der Waals surface area contributed by atoms with Crippen molar-refractivity contribution in [1.82, 2.24) is 10.6 Å². The Balaban J connectivity index is 2.69. The summed E-state index contributed by atoms with van der Waals surface area (Å²) in [6.07, 6.45) is 2.96. The van der Waals surface area contributed by atoms with Gasteiger partial charge in [-0.25, -0.2) is 0 Å². The van der Waals surface area contributed by atoms with Gasteiger partial charge in [0.1, 0.15) is 6.04 Å². The van der Waals surface area contributed by atoms with Crippen LogP contribution in [0.1, 0.15) is 23.2 Å². The quantitative estimate of drug-likeness (QED) is 0.596. The fraction of sp³-hybridized carbons (Fsp3) is 0.467. The molecular formula is C15H21ClN2O3S. The molecule has 5 nitrogen and oxygen atoms in total. The second-order valence-corrected chi connectivity index (χ2v) is 6.05. The average Bonchev–Trinajstić information content (AvgIpc) is 2.51. The van der Waals surface area contributed by atoms with Crippen LogP contribution >= 0.6 is 23.4 Å². The minimum Gasteiger partial charge on any atom is -0.396 e. The van der Waals surface area contributed by atoms with Crippen LogP contribution in [0.25, 0.3) is 0 Å². The van der Waals surface area contributed by atoms with Crippen molar-refractivity contribution < 1.29 is 14.7 Å². The molecule has 0 aliphatic rings. The molecule has 0 aliphatic carbocycles. The first kappa shape index (κ1) is 18.8. The number of amides is 2. The fourth-order valence-electron chi connectivity index (χ4n) is 1.80. The molecule has 22 heavy (non-hydrogen) atoms. The van der Waals surface area contributed by atoms with Gasteiger partial charge in [-0.3, -0.25) is 9.59 Å². The molecule has 1 atom stereocenters. The van der Waals surface area contributed by atoms with Gasteiger partial charge >= 0.3 is 0 Å². The molecule has 1 unspecified atom stereocenters. The van der Waals surface area contributed by atoms with Crippen molar-refractivity contribution in [2.75, 3.05) is 25.2 Å². The van der Waals surface area contributed by atoms with E-state index in [0.717, 1.165) is 5.75 Å². The first-order chi connectivity index (χ1) is 10.6. The lowest BCUT2D eigenvalue weighted by atomic mass is 10.1. The molecule has 0 fully saturated rings. The zero-order chi connectivity index (χ0) is 16.4. The average molecular weight is 345 g/mol. The van der Waals surface area contributed by atoms with Gasteiger partial charge < -0.3 is 15.7 Å². The Labute approximate surface area is 139 Å². The first-order valence-electron chi connectivity index (χ1n) is 7.03. The number of benzene rings is 1. The zero-order valence-corrected chi connectivity index (χ0v) is 14.0. The van der Waals surface area contributed by atoms with Crippen LogP contribution < -0.4 is 10.6 Å². The van der Waals surface area contributed by atoms with E-state index in [1.54, 1.807) is 36.0 Å². The van der Waals surface area contributed by atoms with E-state index in [-0.39, 0.29) is 18.4 Å². The third-order valence-electron chi connectivity index (χ3n) is 2.99. The predicted octanol–water partition coefficient (Wildman–Crippen LogP) is 1.69. The summed E-state index contributed by atoms with van der Waals surface area (Å²) in [6.45, 7) is 0.398. The molecule has 1 rings (SSSR count). The van der Waals surface area contributed by atoms with Crippen molar-refractivity contribution in [2.45, 2.75) is 18.9 Å². The molecule has 122 valence electrons. The lowest BCUT2D eigenvalue weighted by Gasteiger charge is -2.18. The number of rotatable bonds is 9. The molecule has 3 N–H and O–H groups in total. The van der Waals surface area contributed by atoms with Crippen molar-refractivity contribution in [3.8, 4) is 0 Å². The van der Waals surface area contributed by atoms with Crippen LogP contribution in [0.5, 0.6) is 0 Å². The number of hydrogen-bond donors (Lipinski definition) is 3. The second kappa shape index (κ2) is 10.5. The van der Waals surface area contributed by atoms with Crippen molar-refractivity contribution in [3.63, 3.8) is 0 Å². The largest absolute Gasteiger partial charge is 0.396 e. The highest BCUT2D eigenvalue weighted by Crippen LogP contribution is 2.15. The monoisotopic (exact) mass is 344 g/mol. The van der Waals surface area contributed by atoms with Crippen LogP contribution in [0.15, 0.2) is 24.3 Å². The summed E-state index contributed by atoms with van der Waals surface area (Å²) in [5.41, 5.74) is 0.349. The van der Waals surface area contributed by atoms with Crippen molar-refractivity contribution in [2.24, 2.45) is 0 Å². The predicted molar refractivity (Wildman–Crippen MR) is 90.4 cm³/mol. The number of carbonyl (C=O) groups excluding carboxylic acids is 2. The number of aliphatic hydroxyl groups excluding tert-OH is 1. The van der Waals surface area contributed by atoms with Crippen LogP contribution in [-0.4, -0.2) is 48.1 Å². The Hall–Kier alpha value is -1.24. The number of hydrogen-bond acceptors (Lipinski definition) is 4. The van der Waals surface area contributed by atoms with Gasteiger partial charge in [0.15, 0.2) is 0 Å². The summed E-state index contributed by atoms with van der Waals surface area (Å²) in [5.74, 6) is 0.137. The van der Waals surface area contributed by atoms with Crippen molar-refractivity contribution >= 4 is 35.2 Å². The van der Waals surface area contributed by atoms with E-state index in [1.807, 2.05) is 6.26 Å². The van der Waals surface area contributed by atoms with E-state index in [0.29, 0.717) is 30.0 Å². The van der Waals surface area contributed by atoms with Crippen LogP contribution in [-0.2, 0) is 4.79 Å². The molecule has 0 saturated heterocycles. The van der Waals surface area contributed by atoms with Crippen LogP contribution in [0, 0.1) is 0 Å². The molecule has 0 heterocycles. The molecule has 7 heteroatoms. The Morgan fingerprint density at radius 3 is 2.73 bits per heavy atom. The second-order valence-electron chi connectivity index (χ2n) is 4.66. The summed E-state index contributed by atoms with van der Waals surface area (Å²) in [5, 5.41) is 14.5. The van der Waals surface area contributed by atoms with Gasteiger partial charge in [-0.05, 0) is 37.0 Å². The van der Waals surface area contributed by atoms with E-state index in [4.69, 9.17) is 16.7 Å². The standard InChI is InChI=1S/C15H21ClN2O3S/c1-22-10-7-13(15(21)17-8-4-9-19)18-14(20)11-5-2-3-6-12(11)16/h2-3,5-6,13,19H,4,7-10H2,1H3,(H,17,21)(H,18,20). The van der Waals surface area contributed by atoms with Crippen molar-refractivity contribution in [3.05, 3.63) is 34.9 Å². The lowest BCUT2D eigenvalue weighted by molar-refractivity contribution is -0.123. The highest BCUT2D eigenvalue weighted by molar-refractivity contribution is 7.98. The maximum absolute atomic E-state index is 12.3. The number of aliphatic hydroxyl groups is 1. The van der Waals surface area contributed by atoms with Gasteiger partial charge in [-0.15, -0.1) is 0 Å². The summed E-state index contributed by atoms with van der Waals surface area (Å²) in [7, 11) is 0. The Morgan fingerprint density at radius 2 is 2.09 bits per heavy atom. The summed E-state index contributed by atoms with van der Waals surface area (Å²) >= 11 is 7.60. The molecule has 0 bridgehead atoms. The van der Waals surface area contributed by atoms with Crippen molar-refractivity contribution in [1.29, 1.82) is 0 Å². The molecule has 0 aliphatic heterocycles. The van der Waals surface area contributed by atoms with E-state index >= 15 is 0 Å². The molecule has 1 aromatic rings. The molecule has 0 radical (unpaired) electrons. The topological polar surface area (TPSA) is 78.4 Å². The van der Waals surface area contributed by atoms with Crippen LogP contribution in [0.3, 0.4) is 0 Å². The third kappa shape index (κ3) is 6.25. The summed E-state index contributed by atoms with van der Waals surface area (Å²) in [4.78, 5) is 24.4. The van der Waals surface area contributed by atoms with Crippen LogP contribution in [0.2, 0.25) is 5.02 Å². The van der Waals surface area contributed by atoms with E-state index < -0.39 is 6.04 Å². The van der Waals surface area contributed by atoms with E-state index in [1.165, 1.54) is 0 Å². The Kier molecular flexibility index (Phi) is 8.96. The minimum absolute atomic E-state index is 0.0156. The number of thioether (sulfide) groups is 1. The van der Waals surface area contributed by atoms with E-state index in [2.05, 4.69) is 10.6 Å². The zero-order valence-electron chi connectivity index (χ0n) is 12.5. The molecule has 0 aromatic heterocycles. The maximum atomic E-state index is 12.3. The van der Waals surface area contributed by atoms with Gasteiger partial charge in [-0.1, -0.05) is 23.7 Å². The third-order valence-corrected chi connectivity index (χ3v) is 3.96. The van der Waals surface area contributed by atoms with Gasteiger partial charge in [0, 0.05) is 13.2 Å². The molecule has 1 aromatic carbocycles. The lowest BCUT2D eigenvalue weighted by Crippen LogP contribution is -2.47. The smallest absolute Gasteiger partial charge is 0.253 e. The molecular weight excluding hydrogens is 324 g/mol. The molecule has 0 saturated carbocycles. The molecule has 2 amide bonds. The number of carbonyl (C=O) groups is 2. The Bertz CT molecular complexity index is 499. The number of halogens is 1. The molecule has 0 spiro atoms. The Morgan fingerprint density at radius 1 is 1.36 bits per heavy atom. The SMILES string of the molecule is CSCCC(NC(=O)c1ccccc1Cl)C(=O)NCCCO. The van der Waals surface area contributed by atoms with Crippen LogP contribution in [0.4, 0.5) is 0 Å². The fourth-order valence-corrected chi connectivity index (χ4v) is 2.49. The highest BCUT2D eigenvalue weighted by Gasteiger charge is 2.21. The van der Waals surface area contributed by atoms with Gasteiger partial charge in [-0.2, -0.15) is 11.8 Å². The maximum Gasteiger partial charge on any atom is 0.253 e. The normalized spacial score (nSPS) is 11.8. The van der Waals surface area contributed by atoms with Gasteiger partial charge in [0.2, 0.25) is 5.91 Å². The van der Waals surface area contributed by atoms with Gasteiger partial charge in [0.25, 0.3) is 5.91 Å². The van der Waals surface area contributed by atoms with E-state index in [9.17, 15) is 9.59 Å². The summed E-state index contributed by atoms with van der Waals surface area (Å²) < 4.78 is 0. The summed E-state index contributed by atoms with van der Waals surface area (Å²) in [6, 6.07) is 6.10. The minimum atomic E-state index is -0.616. The first-order valence-corrected chi connectivity index (χ1v) is 8.80. The highest BCUT2D eigenvalue weighted by atomic mass is 35.5. The number of nitrogens with one attached hydrogen (secondary N) is 2.